The summed E-state index contributed by atoms with van der Waals surface area (Å²) in [6, 6.07) is 10.7. The van der Waals surface area contributed by atoms with Crippen LogP contribution in [0.3, 0.4) is 0 Å². The Hall–Kier alpha value is -3.03. The van der Waals surface area contributed by atoms with E-state index in [0.717, 1.165) is 6.07 Å². The van der Waals surface area contributed by atoms with Crippen molar-refractivity contribution in [3.05, 3.63) is 53.6 Å². The Labute approximate surface area is 160 Å². The first-order valence-electron chi connectivity index (χ1n) is 8.75. The monoisotopic (exact) mass is 392 g/mol. The highest BCUT2D eigenvalue weighted by Gasteiger charge is 2.32. The maximum atomic E-state index is 13.0. The molecule has 28 heavy (non-hydrogen) atoms. The number of aryl methyl sites for hydroxylation is 1. The average molecular weight is 392 g/mol. The summed E-state index contributed by atoms with van der Waals surface area (Å²) in [6.07, 6.45) is -4.68. The molecule has 0 radical (unpaired) electrons. The molecule has 8 heteroatoms. The third-order valence-corrected chi connectivity index (χ3v) is 4.42. The lowest BCUT2D eigenvalue weighted by molar-refractivity contribution is -0.138. The van der Waals surface area contributed by atoms with Gasteiger partial charge in [-0.3, -0.25) is 9.59 Å². The summed E-state index contributed by atoms with van der Waals surface area (Å²) in [5.41, 5.74) is -0.0300. The van der Waals surface area contributed by atoms with Crippen LogP contribution in [0.25, 0.3) is 0 Å². The Morgan fingerprint density at radius 1 is 1.14 bits per heavy atom. The SMILES string of the molecule is Cc1ccc(NC(=O)CCC(=O)N2CCOc3ccccc32)cc1C(F)(F)F. The predicted molar refractivity (Wildman–Crippen MR) is 98.3 cm³/mol. The van der Waals surface area contributed by atoms with Gasteiger partial charge in [-0.1, -0.05) is 18.2 Å². The Morgan fingerprint density at radius 2 is 1.89 bits per heavy atom. The highest BCUT2D eigenvalue weighted by Crippen LogP contribution is 2.34. The molecule has 148 valence electrons. The molecule has 1 N–H and O–H groups in total. The second-order valence-corrected chi connectivity index (χ2v) is 6.44. The van der Waals surface area contributed by atoms with Gasteiger partial charge in [0.05, 0.1) is 17.8 Å². The molecule has 1 aliphatic heterocycles. The second kappa shape index (κ2) is 7.92. The van der Waals surface area contributed by atoms with Gasteiger partial charge in [0, 0.05) is 18.5 Å². The lowest BCUT2D eigenvalue weighted by Gasteiger charge is -2.29. The van der Waals surface area contributed by atoms with Crippen LogP contribution in [0.5, 0.6) is 5.75 Å². The molecule has 0 aromatic heterocycles. The molecule has 0 bridgehead atoms. The van der Waals surface area contributed by atoms with Gasteiger partial charge in [-0.05, 0) is 36.8 Å². The number of nitrogens with zero attached hydrogens (tertiary/aromatic N) is 1. The largest absolute Gasteiger partial charge is 0.490 e. The van der Waals surface area contributed by atoms with E-state index in [1.165, 1.54) is 19.1 Å². The van der Waals surface area contributed by atoms with Gasteiger partial charge in [0.15, 0.2) is 0 Å². The number of nitrogens with one attached hydrogen (secondary N) is 1. The van der Waals surface area contributed by atoms with E-state index in [4.69, 9.17) is 4.74 Å². The zero-order valence-corrected chi connectivity index (χ0v) is 15.2. The third kappa shape index (κ3) is 4.44. The van der Waals surface area contributed by atoms with Crippen molar-refractivity contribution >= 4 is 23.2 Å². The first kappa shape index (κ1) is 19.7. The maximum Gasteiger partial charge on any atom is 0.416 e. The van der Waals surface area contributed by atoms with Crippen molar-refractivity contribution in [2.75, 3.05) is 23.4 Å². The number of hydrogen-bond acceptors (Lipinski definition) is 3. The Balaban J connectivity index is 1.60. The molecule has 0 unspecified atom stereocenters. The smallest absolute Gasteiger partial charge is 0.416 e. The lowest BCUT2D eigenvalue weighted by Crippen LogP contribution is -2.38. The lowest BCUT2D eigenvalue weighted by atomic mass is 10.1. The zero-order chi connectivity index (χ0) is 20.3. The van der Waals surface area contributed by atoms with Crippen LogP contribution in [-0.4, -0.2) is 25.0 Å². The van der Waals surface area contributed by atoms with Gasteiger partial charge < -0.3 is 15.0 Å². The van der Waals surface area contributed by atoms with Crippen molar-refractivity contribution in [1.29, 1.82) is 0 Å². The standard InChI is InChI=1S/C20H19F3N2O3/c1-13-6-7-14(12-15(13)20(21,22)23)24-18(26)8-9-19(27)25-10-11-28-17-5-3-2-4-16(17)25/h2-7,12H,8-11H2,1H3,(H,24,26). The van der Waals surface area contributed by atoms with Gasteiger partial charge in [0.1, 0.15) is 12.4 Å². The Kier molecular flexibility index (Phi) is 5.58. The average Bonchev–Trinajstić information content (AvgIpc) is 2.66. The summed E-state index contributed by atoms with van der Waals surface area (Å²) in [6.45, 7) is 2.09. The molecule has 3 rings (SSSR count). The second-order valence-electron chi connectivity index (χ2n) is 6.44. The van der Waals surface area contributed by atoms with Gasteiger partial charge in [-0.25, -0.2) is 0 Å². The van der Waals surface area contributed by atoms with Gasteiger partial charge in [0.2, 0.25) is 11.8 Å². The summed E-state index contributed by atoms with van der Waals surface area (Å²) < 4.78 is 44.4. The van der Waals surface area contributed by atoms with E-state index in [9.17, 15) is 22.8 Å². The minimum atomic E-state index is -4.50. The highest BCUT2D eigenvalue weighted by atomic mass is 19.4. The summed E-state index contributed by atoms with van der Waals surface area (Å²) >= 11 is 0. The number of hydrogen-bond donors (Lipinski definition) is 1. The Morgan fingerprint density at radius 3 is 2.64 bits per heavy atom. The van der Waals surface area contributed by atoms with Crippen LogP contribution in [0.1, 0.15) is 24.0 Å². The van der Waals surface area contributed by atoms with E-state index in [0.29, 0.717) is 24.6 Å². The summed E-state index contributed by atoms with van der Waals surface area (Å²) in [5, 5.41) is 2.42. The van der Waals surface area contributed by atoms with Crippen molar-refractivity contribution in [3.8, 4) is 5.75 Å². The van der Waals surface area contributed by atoms with E-state index in [2.05, 4.69) is 5.32 Å². The first-order valence-corrected chi connectivity index (χ1v) is 8.75. The van der Waals surface area contributed by atoms with Crippen LogP contribution in [0.15, 0.2) is 42.5 Å². The number of benzene rings is 2. The minimum absolute atomic E-state index is 0.0482. The number of para-hydroxylation sites is 2. The van der Waals surface area contributed by atoms with Gasteiger partial charge >= 0.3 is 6.18 Å². The molecule has 1 heterocycles. The normalized spacial score (nSPS) is 13.5. The fourth-order valence-electron chi connectivity index (χ4n) is 3.01. The molecule has 2 aromatic rings. The molecule has 0 spiro atoms. The van der Waals surface area contributed by atoms with Crippen molar-refractivity contribution in [2.45, 2.75) is 25.9 Å². The highest BCUT2D eigenvalue weighted by molar-refractivity contribution is 5.99. The minimum Gasteiger partial charge on any atom is -0.490 e. The number of amides is 2. The van der Waals surface area contributed by atoms with Crippen LogP contribution in [0.2, 0.25) is 0 Å². The van der Waals surface area contributed by atoms with Gasteiger partial charge in [0.25, 0.3) is 0 Å². The fraction of sp³-hybridized carbons (Fsp3) is 0.300. The van der Waals surface area contributed by atoms with Crippen molar-refractivity contribution < 1.29 is 27.5 Å². The van der Waals surface area contributed by atoms with Crippen LogP contribution >= 0.6 is 0 Å². The van der Waals surface area contributed by atoms with Crippen LogP contribution in [-0.2, 0) is 15.8 Å². The molecule has 0 atom stereocenters. The van der Waals surface area contributed by atoms with Crippen molar-refractivity contribution in [1.82, 2.24) is 0 Å². The molecule has 5 nitrogen and oxygen atoms in total. The third-order valence-electron chi connectivity index (χ3n) is 4.42. The molecule has 1 aliphatic rings. The van der Waals surface area contributed by atoms with E-state index in [1.807, 2.05) is 0 Å². The number of alkyl halides is 3. The number of carbonyl (C=O) groups is 2. The van der Waals surface area contributed by atoms with E-state index in [1.54, 1.807) is 29.2 Å². The van der Waals surface area contributed by atoms with E-state index in [-0.39, 0.29) is 30.0 Å². The molecular weight excluding hydrogens is 373 g/mol. The van der Waals surface area contributed by atoms with Gasteiger partial charge in [-0.15, -0.1) is 0 Å². The molecule has 0 saturated carbocycles. The first-order chi connectivity index (χ1) is 13.3. The zero-order valence-electron chi connectivity index (χ0n) is 15.2. The van der Waals surface area contributed by atoms with Crippen molar-refractivity contribution in [3.63, 3.8) is 0 Å². The number of rotatable bonds is 4. The number of ether oxygens (including phenoxy) is 1. The van der Waals surface area contributed by atoms with Gasteiger partial charge in [-0.2, -0.15) is 13.2 Å². The quantitative estimate of drug-likeness (QED) is 0.850. The van der Waals surface area contributed by atoms with Crippen LogP contribution in [0.4, 0.5) is 24.5 Å². The summed E-state index contributed by atoms with van der Waals surface area (Å²) in [7, 11) is 0. The van der Waals surface area contributed by atoms with Crippen LogP contribution in [0, 0.1) is 6.92 Å². The van der Waals surface area contributed by atoms with Crippen molar-refractivity contribution in [2.24, 2.45) is 0 Å². The predicted octanol–water partition coefficient (Wildman–Crippen LogP) is 4.16. The molecular formula is C20H19F3N2O3. The van der Waals surface area contributed by atoms with E-state index < -0.39 is 17.6 Å². The fourth-order valence-corrected chi connectivity index (χ4v) is 3.01. The molecule has 0 aliphatic carbocycles. The molecule has 2 aromatic carbocycles. The number of fused-ring (bicyclic) bond motifs is 1. The topological polar surface area (TPSA) is 58.6 Å². The Bertz CT molecular complexity index is 897. The number of carbonyl (C=O) groups excluding carboxylic acids is 2. The summed E-state index contributed by atoms with van der Waals surface area (Å²) in [5.74, 6) is -0.163. The van der Waals surface area contributed by atoms with E-state index >= 15 is 0 Å². The number of anilines is 2. The maximum absolute atomic E-state index is 13.0. The molecule has 0 fully saturated rings. The molecule has 0 saturated heterocycles. The molecule has 2 amide bonds. The summed E-state index contributed by atoms with van der Waals surface area (Å²) in [4.78, 5) is 26.1. The van der Waals surface area contributed by atoms with Crippen LogP contribution < -0.4 is 15.0 Å². The number of halogens is 3.